The third-order valence-electron chi connectivity index (χ3n) is 2.66. The standard InChI is InChI=1S/C10H17N3/c1-11-9-8-13-7-5-3-2-4-6-10(13)12-9/h8,11H,2-7H2,1H3. The Morgan fingerprint density at radius 1 is 1.31 bits per heavy atom. The fourth-order valence-electron chi connectivity index (χ4n) is 1.89. The van der Waals surface area contributed by atoms with Crippen LogP contribution in [0.25, 0.3) is 0 Å². The fraction of sp³-hybridized carbons (Fsp3) is 0.700. The summed E-state index contributed by atoms with van der Waals surface area (Å²) in [5.41, 5.74) is 0. The molecule has 0 atom stereocenters. The Morgan fingerprint density at radius 2 is 2.15 bits per heavy atom. The van der Waals surface area contributed by atoms with Crippen LogP contribution in [0.1, 0.15) is 31.5 Å². The highest BCUT2D eigenvalue weighted by Crippen LogP contribution is 2.16. The van der Waals surface area contributed by atoms with E-state index >= 15 is 0 Å². The molecule has 1 aliphatic heterocycles. The molecule has 0 aliphatic carbocycles. The van der Waals surface area contributed by atoms with Crippen molar-refractivity contribution >= 4 is 5.82 Å². The summed E-state index contributed by atoms with van der Waals surface area (Å²) in [5, 5.41) is 3.09. The second-order valence-corrected chi connectivity index (χ2v) is 3.65. The first-order chi connectivity index (χ1) is 6.40. The molecular weight excluding hydrogens is 162 g/mol. The summed E-state index contributed by atoms with van der Waals surface area (Å²) in [6.45, 7) is 1.14. The molecule has 0 fully saturated rings. The van der Waals surface area contributed by atoms with E-state index in [1.165, 1.54) is 31.5 Å². The van der Waals surface area contributed by atoms with E-state index in [-0.39, 0.29) is 0 Å². The van der Waals surface area contributed by atoms with Crippen LogP contribution in [0.5, 0.6) is 0 Å². The van der Waals surface area contributed by atoms with Gasteiger partial charge in [0.2, 0.25) is 0 Å². The summed E-state index contributed by atoms with van der Waals surface area (Å²) in [5.74, 6) is 2.26. The fourth-order valence-corrected chi connectivity index (χ4v) is 1.89. The van der Waals surface area contributed by atoms with Crippen LogP contribution in [0.4, 0.5) is 5.82 Å². The summed E-state index contributed by atoms with van der Waals surface area (Å²) in [4.78, 5) is 4.52. The van der Waals surface area contributed by atoms with Crippen molar-refractivity contribution in [3.8, 4) is 0 Å². The van der Waals surface area contributed by atoms with Gasteiger partial charge in [-0.1, -0.05) is 12.8 Å². The van der Waals surface area contributed by atoms with Crippen LogP contribution in [0.3, 0.4) is 0 Å². The van der Waals surface area contributed by atoms with Crippen molar-refractivity contribution in [2.75, 3.05) is 12.4 Å². The lowest BCUT2D eigenvalue weighted by molar-refractivity contribution is 0.516. The van der Waals surface area contributed by atoms with E-state index in [0.717, 1.165) is 18.8 Å². The molecule has 0 spiro atoms. The first-order valence-corrected chi connectivity index (χ1v) is 5.14. The minimum Gasteiger partial charge on any atom is -0.372 e. The molecule has 2 rings (SSSR count). The van der Waals surface area contributed by atoms with Gasteiger partial charge in [0, 0.05) is 26.2 Å². The topological polar surface area (TPSA) is 29.9 Å². The Bertz CT molecular complexity index is 252. The Balaban J connectivity index is 2.21. The van der Waals surface area contributed by atoms with Gasteiger partial charge in [-0.05, 0) is 12.8 Å². The van der Waals surface area contributed by atoms with Gasteiger partial charge in [0.1, 0.15) is 11.6 Å². The predicted octanol–water partition coefficient (Wildman–Crippen LogP) is 2.04. The summed E-state index contributed by atoms with van der Waals surface area (Å²) >= 11 is 0. The van der Waals surface area contributed by atoms with Gasteiger partial charge in [-0.25, -0.2) is 4.98 Å². The normalized spacial score (nSPS) is 17.3. The van der Waals surface area contributed by atoms with Crippen molar-refractivity contribution in [1.82, 2.24) is 9.55 Å². The second kappa shape index (κ2) is 3.81. The van der Waals surface area contributed by atoms with Gasteiger partial charge in [-0.3, -0.25) is 0 Å². The zero-order chi connectivity index (χ0) is 9.10. The SMILES string of the molecule is CNc1cn2c(n1)CCCCCC2. The first-order valence-electron chi connectivity index (χ1n) is 5.14. The van der Waals surface area contributed by atoms with Crippen molar-refractivity contribution in [3.63, 3.8) is 0 Å². The average Bonchev–Trinajstić information content (AvgIpc) is 2.47. The van der Waals surface area contributed by atoms with Crippen LogP contribution in [0.15, 0.2) is 6.20 Å². The first kappa shape index (κ1) is 8.60. The molecule has 1 aliphatic rings. The smallest absolute Gasteiger partial charge is 0.144 e. The summed E-state index contributed by atoms with van der Waals surface area (Å²) in [7, 11) is 1.93. The highest BCUT2D eigenvalue weighted by Gasteiger charge is 2.08. The van der Waals surface area contributed by atoms with Crippen molar-refractivity contribution in [3.05, 3.63) is 12.0 Å². The lowest BCUT2D eigenvalue weighted by Gasteiger charge is -2.10. The maximum atomic E-state index is 4.52. The molecule has 3 nitrogen and oxygen atoms in total. The van der Waals surface area contributed by atoms with Gasteiger partial charge >= 0.3 is 0 Å². The predicted molar refractivity (Wildman–Crippen MR) is 53.9 cm³/mol. The molecule has 13 heavy (non-hydrogen) atoms. The number of nitrogens with one attached hydrogen (secondary N) is 1. The largest absolute Gasteiger partial charge is 0.372 e. The van der Waals surface area contributed by atoms with Crippen LogP contribution >= 0.6 is 0 Å². The number of anilines is 1. The molecule has 1 N–H and O–H groups in total. The van der Waals surface area contributed by atoms with Crippen molar-refractivity contribution < 1.29 is 0 Å². The van der Waals surface area contributed by atoms with Crippen LogP contribution in [-0.2, 0) is 13.0 Å². The zero-order valence-electron chi connectivity index (χ0n) is 8.21. The molecule has 0 saturated heterocycles. The van der Waals surface area contributed by atoms with E-state index in [0.29, 0.717) is 0 Å². The summed E-state index contributed by atoms with van der Waals surface area (Å²) < 4.78 is 2.30. The summed E-state index contributed by atoms with van der Waals surface area (Å²) in [6.07, 6.45) is 8.59. The number of fused-ring (bicyclic) bond motifs is 1. The zero-order valence-corrected chi connectivity index (χ0v) is 8.21. The van der Waals surface area contributed by atoms with Gasteiger partial charge < -0.3 is 9.88 Å². The molecule has 2 heterocycles. The van der Waals surface area contributed by atoms with Crippen molar-refractivity contribution in [2.24, 2.45) is 0 Å². The lowest BCUT2D eigenvalue weighted by Crippen LogP contribution is -2.06. The number of imidazole rings is 1. The quantitative estimate of drug-likeness (QED) is 0.715. The molecule has 0 unspecified atom stereocenters. The maximum absolute atomic E-state index is 4.52. The van der Waals surface area contributed by atoms with E-state index in [9.17, 15) is 0 Å². The Labute approximate surface area is 79.2 Å². The Morgan fingerprint density at radius 3 is 3.00 bits per heavy atom. The Hall–Kier alpha value is -0.990. The summed E-state index contributed by atoms with van der Waals surface area (Å²) in [6, 6.07) is 0. The molecule has 0 amide bonds. The second-order valence-electron chi connectivity index (χ2n) is 3.65. The minimum atomic E-state index is 1.01. The van der Waals surface area contributed by atoms with Crippen LogP contribution < -0.4 is 5.32 Å². The number of hydrogen-bond donors (Lipinski definition) is 1. The van der Waals surface area contributed by atoms with Crippen molar-refractivity contribution in [1.29, 1.82) is 0 Å². The van der Waals surface area contributed by atoms with Crippen LogP contribution in [-0.4, -0.2) is 16.6 Å². The minimum absolute atomic E-state index is 1.01. The third kappa shape index (κ3) is 1.85. The van der Waals surface area contributed by atoms with Gasteiger partial charge in [0.05, 0.1) is 0 Å². The van der Waals surface area contributed by atoms with Gasteiger partial charge in [0.15, 0.2) is 0 Å². The molecule has 1 aromatic heterocycles. The van der Waals surface area contributed by atoms with Crippen LogP contribution in [0, 0.1) is 0 Å². The van der Waals surface area contributed by atoms with Gasteiger partial charge in [-0.2, -0.15) is 0 Å². The number of nitrogens with zero attached hydrogens (tertiary/aromatic N) is 2. The average molecular weight is 179 g/mol. The van der Waals surface area contributed by atoms with E-state index < -0.39 is 0 Å². The van der Waals surface area contributed by atoms with Crippen molar-refractivity contribution in [2.45, 2.75) is 38.6 Å². The molecule has 0 bridgehead atoms. The monoisotopic (exact) mass is 179 g/mol. The molecule has 0 radical (unpaired) electrons. The molecular formula is C10H17N3. The van der Waals surface area contributed by atoms with E-state index in [4.69, 9.17) is 0 Å². The number of aryl methyl sites for hydroxylation is 2. The van der Waals surface area contributed by atoms with E-state index in [1.807, 2.05) is 7.05 Å². The van der Waals surface area contributed by atoms with E-state index in [1.54, 1.807) is 0 Å². The lowest BCUT2D eigenvalue weighted by atomic mass is 10.1. The Kier molecular flexibility index (Phi) is 2.52. The van der Waals surface area contributed by atoms with Gasteiger partial charge in [-0.15, -0.1) is 0 Å². The highest BCUT2D eigenvalue weighted by atomic mass is 15.1. The molecule has 0 saturated carbocycles. The maximum Gasteiger partial charge on any atom is 0.144 e. The molecule has 0 aromatic carbocycles. The van der Waals surface area contributed by atoms with Crippen LogP contribution in [0.2, 0.25) is 0 Å². The third-order valence-corrected chi connectivity index (χ3v) is 2.66. The van der Waals surface area contributed by atoms with E-state index in [2.05, 4.69) is 21.1 Å². The number of aromatic nitrogens is 2. The van der Waals surface area contributed by atoms with Gasteiger partial charge in [0.25, 0.3) is 0 Å². The number of hydrogen-bond acceptors (Lipinski definition) is 2. The molecule has 1 aromatic rings. The molecule has 3 heteroatoms. The molecule has 72 valence electrons. The highest BCUT2D eigenvalue weighted by molar-refractivity contribution is 5.32. The number of rotatable bonds is 1.